The quantitative estimate of drug-likeness (QED) is 0.877. The van der Waals surface area contributed by atoms with Gasteiger partial charge in [0.2, 0.25) is 5.91 Å². The molecule has 3 atom stereocenters. The van der Waals surface area contributed by atoms with Crippen LogP contribution in [0.3, 0.4) is 0 Å². The highest BCUT2D eigenvalue weighted by atomic mass is 16.4. The Balaban J connectivity index is 1.63. The summed E-state index contributed by atoms with van der Waals surface area (Å²) in [5, 5.41) is 9.37. The van der Waals surface area contributed by atoms with Gasteiger partial charge < -0.3 is 19.3 Å². The predicted octanol–water partition coefficient (Wildman–Crippen LogP) is 2.03. The fourth-order valence-corrected chi connectivity index (χ4v) is 4.18. The van der Waals surface area contributed by atoms with E-state index in [2.05, 4.69) is 0 Å². The van der Waals surface area contributed by atoms with E-state index in [0.717, 1.165) is 11.1 Å². The lowest BCUT2D eigenvalue weighted by Crippen LogP contribution is -2.53. The average Bonchev–Trinajstić information content (AvgIpc) is 3.35. The van der Waals surface area contributed by atoms with E-state index in [9.17, 15) is 19.5 Å². The Bertz CT molecular complexity index is 907. The van der Waals surface area contributed by atoms with E-state index in [1.54, 1.807) is 21.9 Å². The fourth-order valence-electron chi connectivity index (χ4n) is 4.18. The summed E-state index contributed by atoms with van der Waals surface area (Å²) >= 11 is 0. The van der Waals surface area contributed by atoms with Gasteiger partial charge in [-0.3, -0.25) is 14.4 Å². The largest absolute Gasteiger partial charge is 0.481 e. The summed E-state index contributed by atoms with van der Waals surface area (Å²) in [7, 11) is 0. The van der Waals surface area contributed by atoms with Gasteiger partial charge in [0, 0.05) is 26.1 Å². The van der Waals surface area contributed by atoms with Crippen LogP contribution in [0.1, 0.15) is 28.6 Å². The summed E-state index contributed by atoms with van der Waals surface area (Å²) < 4.78 is 5.26. The predicted molar refractivity (Wildman–Crippen MR) is 99.4 cm³/mol. The molecular weight excluding hydrogens is 360 g/mol. The number of benzene rings is 1. The van der Waals surface area contributed by atoms with Crippen molar-refractivity contribution in [1.82, 2.24) is 9.80 Å². The monoisotopic (exact) mass is 382 g/mol. The van der Waals surface area contributed by atoms with Crippen LogP contribution < -0.4 is 0 Å². The second-order valence-electron chi connectivity index (χ2n) is 7.56. The van der Waals surface area contributed by atoms with Crippen LogP contribution in [0.4, 0.5) is 0 Å². The highest BCUT2D eigenvalue weighted by Gasteiger charge is 2.43. The molecule has 1 aromatic heterocycles. The Morgan fingerprint density at radius 3 is 2.46 bits per heavy atom. The van der Waals surface area contributed by atoms with Crippen LogP contribution in [0, 0.1) is 11.8 Å². The van der Waals surface area contributed by atoms with E-state index in [1.807, 2.05) is 31.2 Å². The maximum atomic E-state index is 13.3. The molecule has 4 rings (SSSR count). The molecule has 0 bridgehead atoms. The highest BCUT2D eigenvalue weighted by Crippen LogP contribution is 2.29. The summed E-state index contributed by atoms with van der Waals surface area (Å²) in [5.74, 6) is -1.93. The van der Waals surface area contributed by atoms with Crippen molar-refractivity contribution in [2.24, 2.45) is 11.8 Å². The van der Waals surface area contributed by atoms with E-state index in [4.69, 9.17) is 4.42 Å². The molecule has 2 aliphatic heterocycles. The number of carbonyl (C=O) groups is 3. The van der Waals surface area contributed by atoms with Gasteiger partial charge in [-0.25, -0.2) is 0 Å². The molecule has 7 heteroatoms. The van der Waals surface area contributed by atoms with E-state index in [1.165, 1.54) is 6.26 Å². The number of amides is 2. The van der Waals surface area contributed by atoms with Crippen LogP contribution in [0.2, 0.25) is 0 Å². The molecule has 0 saturated carbocycles. The Morgan fingerprint density at radius 2 is 1.82 bits per heavy atom. The Hall–Kier alpha value is -3.09. The smallest absolute Gasteiger partial charge is 0.308 e. The fraction of sp³-hybridized carbons (Fsp3) is 0.381. The highest BCUT2D eigenvalue weighted by molar-refractivity contribution is 5.96. The Kier molecular flexibility index (Phi) is 4.66. The molecule has 28 heavy (non-hydrogen) atoms. The second kappa shape index (κ2) is 7.14. The van der Waals surface area contributed by atoms with Crippen LogP contribution in [0.5, 0.6) is 0 Å². The van der Waals surface area contributed by atoms with Crippen molar-refractivity contribution in [2.45, 2.75) is 25.9 Å². The van der Waals surface area contributed by atoms with Gasteiger partial charge in [0.15, 0.2) is 5.76 Å². The maximum Gasteiger partial charge on any atom is 0.308 e. The number of nitrogens with zero attached hydrogens (tertiary/aromatic N) is 2. The van der Waals surface area contributed by atoms with Crippen molar-refractivity contribution in [3.63, 3.8) is 0 Å². The number of hydrogen-bond acceptors (Lipinski definition) is 4. The third-order valence-electron chi connectivity index (χ3n) is 5.77. The number of carbonyl (C=O) groups excluding carboxylic acids is 2. The molecule has 1 saturated heterocycles. The topological polar surface area (TPSA) is 91.1 Å². The summed E-state index contributed by atoms with van der Waals surface area (Å²) in [5.41, 5.74) is 2.04. The van der Waals surface area contributed by atoms with E-state index >= 15 is 0 Å². The SMILES string of the molecule is C[C@@H]1CN(C(=O)C2Cc3ccccc3CN2C(=O)c2ccco2)C[C@H]1C(=O)O. The first-order valence-corrected chi connectivity index (χ1v) is 9.38. The second-order valence-corrected chi connectivity index (χ2v) is 7.56. The molecule has 1 N–H and O–H groups in total. The van der Waals surface area contributed by atoms with Crippen molar-refractivity contribution in [1.29, 1.82) is 0 Å². The number of carboxylic acids is 1. The number of fused-ring (bicyclic) bond motifs is 1. The lowest BCUT2D eigenvalue weighted by atomic mass is 9.93. The molecule has 2 aromatic rings. The van der Waals surface area contributed by atoms with Crippen LogP contribution >= 0.6 is 0 Å². The standard InChI is InChI=1S/C21H22N2O5/c1-13-10-22(12-16(13)21(26)27)19(24)17-9-14-5-2-3-6-15(14)11-23(17)20(25)18-7-4-8-28-18/h2-8,13,16-17H,9-12H2,1H3,(H,26,27)/t13-,16-,17?/m1/s1. The molecule has 0 spiro atoms. The maximum absolute atomic E-state index is 13.3. The van der Waals surface area contributed by atoms with Crippen molar-refractivity contribution >= 4 is 17.8 Å². The zero-order valence-electron chi connectivity index (χ0n) is 15.6. The van der Waals surface area contributed by atoms with Gasteiger partial charge in [-0.2, -0.15) is 0 Å². The Morgan fingerprint density at radius 1 is 1.07 bits per heavy atom. The molecule has 1 fully saturated rings. The van der Waals surface area contributed by atoms with Gasteiger partial charge in [-0.05, 0) is 29.2 Å². The van der Waals surface area contributed by atoms with Gasteiger partial charge in [0.05, 0.1) is 12.2 Å². The summed E-state index contributed by atoms with van der Waals surface area (Å²) in [6.07, 6.45) is 1.84. The molecule has 1 aromatic carbocycles. The molecule has 2 aliphatic rings. The van der Waals surface area contributed by atoms with Crippen LogP contribution in [0.25, 0.3) is 0 Å². The third-order valence-corrected chi connectivity index (χ3v) is 5.77. The number of aliphatic carboxylic acids is 1. The lowest BCUT2D eigenvalue weighted by Gasteiger charge is -2.37. The molecule has 1 unspecified atom stereocenters. The van der Waals surface area contributed by atoms with E-state index in [-0.39, 0.29) is 30.0 Å². The number of furan rings is 1. The lowest BCUT2D eigenvalue weighted by molar-refractivity contribution is -0.142. The van der Waals surface area contributed by atoms with Gasteiger partial charge in [0.1, 0.15) is 6.04 Å². The molecule has 7 nitrogen and oxygen atoms in total. The summed E-state index contributed by atoms with van der Waals surface area (Å²) in [6.45, 7) is 2.72. The number of carboxylic acid groups (broad SMARTS) is 1. The molecular formula is C21H22N2O5. The minimum atomic E-state index is -0.889. The van der Waals surface area contributed by atoms with Gasteiger partial charge in [-0.15, -0.1) is 0 Å². The van der Waals surface area contributed by atoms with Crippen LogP contribution in [0.15, 0.2) is 47.1 Å². The first kappa shape index (κ1) is 18.3. The minimum Gasteiger partial charge on any atom is -0.481 e. The van der Waals surface area contributed by atoms with Crippen molar-refractivity contribution in [3.05, 3.63) is 59.5 Å². The molecule has 3 heterocycles. The summed E-state index contributed by atoms with van der Waals surface area (Å²) in [4.78, 5) is 40.9. The third kappa shape index (κ3) is 3.17. The first-order valence-electron chi connectivity index (χ1n) is 9.38. The molecule has 0 radical (unpaired) electrons. The van der Waals surface area contributed by atoms with Gasteiger partial charge >= 0.3 is 5.97 Å². The number of hydrogen-bond donors (Lipinski definition) is 1. The van der Waals surface area contributed by atoms with Crippen LogP contribution in [-0.4, -0.2) is 51.8 Å². The average molecular weight is 382 g/mol. The van der Waals surface area contributed by atoms with Crippen molar-refractivity contribution < 1.29 is 23.9 Å². The minimum absolute atomic E-state index is 0.119. The van der Waals surface area contributed by atoms with Gasteiger partial charge in [0.25, 0.3) is 5.91 Å². The van der Waals surface area contributed by atoms with Gasteiger partial charge in [-0.1, -0.05) is 31.2 Å². The summed E-state index contributed by atoms with van der Waals surface area (Å²) in [6, 6.07) is 10.3. The molecule has 146 valence electrons. The van der Waals surface area contributed by atoms with E-state index < -0.39 is 17.9 Å². The normalized spacial score (nSPS) is 24.1. The number of likely N-dealkylation sites (tertiary alicyclic amines) is 1. The zero-order chi connectivity index (χ0) is 19.8. The van der Waals surface area contributed by atoms with Crippen molar-refractivity contribution in [3.8, 4) is 0 Å². The van der Waals surface area contributed by atoms with E-state index in [0.29, 0.717) is 19.5 Å². The molecule has 0 aliphatic carbocycles. The number of rotatable bonds is 3. The Labute approximate surface area is 162 Å². The zero-order valence-corrected chi connectivity index (χ0v) is 15.6. The first-order chi connectivity index (χ1) is 13.5. The molecule has 2 amide bonds. The van der Waals surface area contributed by atoms with Crippen LogP contribution in [-0.2, 0) is 22.6 Å². The van der Waals surface area contributed by atoms with Crippen molar-refractivity contribution in [2.75, 3.05) is 13.1 Å².